The first-order chi connectivity index (χ1) is 7.04. The molecule has 0 aliphatic carbocycles. The number of aryl methyl sites for hydroxylation is 1. The molecule has 1 aromatic rings. The molecule has 82 valence electrons. The molecular formula is C8H13N5O2. The molecule has 7 heteroatoms. The number of carbonyl (C=O) groups is 2. The highest BCUT2D eigenvalue weighted by atomic mass is 16.2. The van der Waals surface area contributed by atoms with Gasteiger partial charge in [-0.2, -0.15) is 0 Å². The molecule has 0 saturated carbocycles. The van der Waals surface area contributed by atoms with Gasteiger partial charge in [0.2, 0.25) is 11.7 Å². The smallest absolute Gasteiger partial charge is 0.291 e. The van der Waals surface area contributed by atoms with Crippen molar-refractivity contribution in [3.63, 3.8) is 0 Å². The van der Waals surface area contributed by atoms with Crippen LogP contribution >= 0.6 is 0 Å². The van der Waals surface area contributed by atoms with Crippen LogP contribution in [0.25, 0.3) is 0 Å². The molecule has 1 aromatic heterocycles. The maximum atomic E-state index is 11.5. The van der Waals surface area contributed by atoms with E-state index in [0.717, 1.165) is 0 Å². The number of nitrogens with one attached hydrogen (secondary N) is 3. The Morgan fingerprint density at radius 3 is 2.60 bits per heavy atom. The molecule has 0 bridgehead atoms. The van der Waals surface area contributed by atoms with Crippen LogP contribution in [0.4, 0.5) is 0 Å². The van der Waals surface area contributed by atoms with Gasteiger partial charge in [-0.15, -0.1) is 5.10 Å². The molecule has 0 spiro atoms. The maximum Gasteiger partial charge on any atom is 0.291 e. The Labute approximate surface area is 86.7 Å². The number of hydrogen-bond donors (Lipinski definition) is 3. The fourth-order valence-corrected chi connectivity index (χ4v) is 0.987. The van der Waals surface area contributed by atoms with Gasteiger partial charge in [0.25, 0.3) is 5.91 Å². The summed E-state index contributed by atoms with van der Waals surface area (Å²) < 4.78 is 0. The molecular weight excluding hydrogens is 198 g/mol. The van der Waals surface area contributed by atoms with Gasteiger partial charge in [-0.05, 0) is 13.8 Å². The van der Waals surface area contributed by atoms with Crippen LogP contribution in [0.1, 0.15) is 23.4 Å². The van der Waals surface area contributed by atoms with Gasteiger partial charge in [0, 0.05) is 7.05 Å². The summed E-state index contributed by atoms with van der Waals surface area (Å²) in [7, 11) is 1.50. The van der Waals surface area contributed by atoms with Crippen molar-refractivity contribution in [2.45, 2.75) is 19.9 Å². The normalized spacial score (nSPS) is 11.9. The number of hydrogen-bond acceptors (Lipinski definition) is 4. The minimum atomic E-state index is -0.610. The highest BCUT2D eigenvalue weighted by Crippen LogP contribution is 1.92. The van der Waals surface area contributed by atoms with Crippen LogP contribution < -0.4 is 10.6 Å². The lowest BCUT2D eigenvalue weighted by molar-refractivity contribution is -0.122. The van der Waals surface area contributed by atoms with Crippen molar-refractivity contribution in [3.8, 4) is 0 Å². The summed E-state index contributed by atoms with van der Waals surface area (Å²) in [5, 5.41) is 11.1. The largest absolute Gasteiger partial charge is 0.357 e. The Morgan fingerprint density at radius 2 is 2.13 bits per heavy atom. The molecule has 0 saturated heterocycles. The summed E-state index contributed by atoms with van der Waals surface area (Å²) >= 11 is 0. The van der Waals surface area contributed by atoms with Crippen molar-refractivity contribution >= 4 is 11.8 Å². The van der Waals surface area contributed by atoms with Crippen molar-refractivity contribution in [1.29, 1.82) is 0 Å². The Morgan fingerprint density at radius 1 is 1.47 bits per heavy atom. The SMILES string of the molecule is CNC(=O)C(C)NC(=O)c1n[nH]c(C)n1. The predicted octanol–water partition coefficient (Wildman–Crippen LogP) is -1.02. The van der Waals surface area contributed by atoms with Crippen molar-refractivity contribution < 1.29 is 9.59 Å². The fourth-order valence-electron chi connectivity index (χ4n) is 0.987. The zero-order chi connectivity index (χ0) is 11.4. The number of rotatable bonds is 3. The summed E-state index contributed by atoms with van der Waals surface area (Å²) in [5.74, 6) is -0.165. The van der Waals surface area contributed by atoms with Gasteiger partial charge in [-0.1, -0.05) is 0 Å². The van der Waals surface area contributed by atoms with Crippen molar-refractivity contribution in [2.75, 3.05) is 7.05 Å². The first-order valence-corrected chi connectivity index (χ1v) is 4.46. The second-order valence-corrected chi connectivity index (χ2v) is 3.05. The molecule has 1 heterocycles. The van der Waals surface area contributed by atoms with E-state index in [9.17, 15) is 9.59 Å². The van der Waals surface area contributed by atoms with Crippen molar-refractivity contribution in [3.05, 3.63) is 11.6 Å². The number of likely N-dealkylation sites (N-methyl/N-ethyl adjacent to an activating group) is 1. The van der Waals surface area contributed by atoms with Crippen LogP contribution in [0.15, 0.2) is 0 Å². The van der Waals surface area contributed by atoms with Gasteiger partial charge in [0.15, 0.2) is 0 Å². The molecule has 0 fully saturated rings. The molecule has 0 aromatic carbocycles. The first-order valence-electron chi connectivity index (χ1n) is 4.46. The molecule has 7 nitrogen and oxygen atoms in total. The van der Waals surface area contributed by atoms with Crippen LogP contribution in [0, 0.1) is 6.92 Å². The standard InChI is InChI=1S/C8H13N5O2/c1-4(7(14)9-3)10-8(15)6-11-5(2)12-13-6/h4H,1-3H3,(H,9,14)(H,10,15)(H,11,12,13). The van der Waals surface area contributed by atoms with Gasteiger partial charge in [0.05, 0.1) is 0 Å². The summed E-state index contributed by atoms with van der Waals surface area (Å²) in [6, 6.07) is -0.610. The van der Waals surface area contributed by atoms with E-state index in [4.69, 9.17) is 0 Å². The summed E-state index contributed by atoms with van der Waals surface area (Å²) in [6.07, 6.45) is 0. The van der Waals surface area contributed by atoms with Crippen LogP contribution in [0.2, 0.25) is 0 Å². The average molecular weight is 211 g/mol. The third-order valence-corrected chi connectivity index (χ3v) is 1.79. The number of aromatic amines is 1. The number of aromatic nitrogens is 3. The fraction of sp³-hybridized carbons (Fsp3) is 0.500. The Bertz CT molecular complexity index is 373. The van der Waals surface area contributed by atoms with Gasteiger partial charge in [-0.25, -0.2) is 4.98 Å². The van der Waals surface area contributed by atoms with Crippen LogP contribution in [0.5, 0.6) is 0 Å². The molecule has 1 rings (SSSR count). The zero-order valence-corrected chi connectivity index (χ0v) is 8.79. The number of carbonyl (C=O) groups excluding carboxylic acids is 2. The van der Waals surface area contributed by atoms with E-state index in [2.05, 4.69) is 25.8 Å². The Hall–Kier alpha value is -1.92. The highest BCUT2D eigenvalue weighted by Gasteiger charge is 2.17. The molecule has 1 unspecified atom stereocenters. The lowest BCUT2D eigenvalue weighted by atomic mass is 10.3. The average Bonchev–Trinajstić information content (AvgIpc) is 2.63. The van der Waals surface area contributed by atoms with Crippen molar-refractivity contribution in [1.82, 2.24) is 25.8 Å². The maximum absolute atomic E-state index is 11.5. The molecule has 0 aliphatic rings. The molecule has 1 atom stereocenters. The van der Waals surface area contributed by atoms with E-state index in [1.807, 2.05) is 0 Å². The van der Waals surface area contributed by atoms with E-state index < -0.39 is 11.9 Å². The summed E-state index contributed by atoms with van der Waals surface area (Å²) in [4.78, 5) is 26.4. The molecule has 3 N–H and O–H groups in total. The van der Waals surface area contributed by atoms with E-state index >= 15 is 0 Å². The molecule has 15 heavy (non-hydrogen) atoms. The lowest BCUT2D eigenvalue weighted by Gasteiger charge is -2.10. The second kappa shape index (κ2) is 4.54. The zero-order valence-electron chi connectivity index (χ0n) is 8.79. The topological polar surface area (TPSA) is 99.8 Å². The molecule has 2 amide bonds. The number of amides is 2. The predicted molar refractivity (Wildman–Crippen MR) is 52.1 cm³/mol. The van der Waals surface area contributed by atoms with Gasteiger partial charge < -0.3 is 10.6 Å². The van der Waals surface area contributed by atoms with E-state index in [1.165, 1.54) is 7.05 Å². The van der Waals surface area contributed by atoms with Crippen LogP contribution in [-0.2, 0) is 4.79 Å². The van der Waals surface area contributed by atoms with Crippen LogP contribution in [-0.4, -0.2) is 40.1 Å². The van der Waals surface area contributed by atoms with Gasteiger partial charge >= 0.3 is 0 Å². The van der Waals surface area contributed by atoms with Gasteiger partial charge in [0.1, 0.15) is 11.9 Å². The number of nitrogens with zero attached hydrogens (tertiary/aromatic N) is 2. The van der Waals surface area contributed by atoms with E-state index in [-0.39, 0.29) is 11.7 Å². The van der Waals surface area contributed by atoms with Gasteiger partial charge in [-0.3, -0.25) is 14.7 Å². The Balaban J connectivity index is 2.60. The minimum absolute atomic E-state index is 0.0308. The lowest BCUT2D eigenvalue weighted by Crippen LogP contribution is -2.43. The summed E-state index contributed by atoms with van der Waals surface area (Å²) in [5.41, 5.74) is 0. The van der Waals surface area contributed by atoms with E-state index in [1.54, 1.807) is 13.8 Å². The minimum Gasteiger partial charge on any atom is -0.357 e. The van der Waals surface area contributed by atoms with Crippen molar-refractivity contribution in [2.24, 2.45) is 0 Å². The monoisotopic (exact) mass is 211 g/mol. The second-order valence-electron chi connectivity index (χ2n) is 3.05. The molecule has 0 aliphatic heterocycles. The third-order valence-electron chi connectivity index (χ3n) is 1.79. The van der Waals surface area contributed by atoms with E-state index in [0.29, 0.717) is 5.82 Å². The Kier molecular flexibility index (Phi) is 3.37. The van der Waals surface area contributed by atoms with Crippen LogP contribution in [0.3, 0.4) is 0 Å². The first kappa shape index (κ1) is 11.2. The highest BCUT2D eigenvalue weighted by molar-refractivity contribution is 5.94. The number of H-pyrrole nitrogens is 1. The third kappa shape index (κ3) is 2.76. The quantitative estimate of drug-likeness (QED) is 0.595. The molecule has 0 radical (unpaired) electrons. The summed E-state index contributed by atoms with van der Waals surface area (Å²) in [6.45, 7) is 3.27.